The van der Waals surface area contributed by atoms with Crippen molar-refractivity contribution in [1.82, 2.24) is 0 Å². The number of hydrogen-bond acceptors (Lipinski definition) is 2. The molecule has 0 fully saturated rings. The highest BCUT2D eigenvalue weighted by molar-refractivity contribution is 14.1. The fourth-order valence-corrected chi connectivity index (χ4v) is 3.41. The van der Waals surface area contributed by atoms with E-state index < -0.39 is 0 Å². The van der Waals surface area contributed by atoms with E-state index in [1.54, 1.807) is 0 Å². The Morgan fingerprint density at radius 3 is 2.74 bits per heavy atom. The molecule has 1 aromatic carbocycles. The number of benzene rings is 1. The first-order chi connectivity index (χ1) is 9.08. The van der Waals surface area contributed by atoms with Crippen molar-refractivity contribution in [2.45, 2.75) is 49.9 Å². The van der Waals surface area contributed by atoms with Gasteiger partial charge in [-0.05, 0) is 36.8 Å². The van der Waals surface area contributed by atoms with Gasteiger partial charge in [-0.15, -0.1) is 0 Å². The number of fused-ring (bicyclic) bond motifs is 1. The largest absolute Gasteiger partial charge is 0.353 e. The zero-order chi connectivity index (χ0) is 13.8. The Morgan fingerprint density at radius 1 is 1.26 bits per heavy atom. The van der Waals surface area contributed by atoms with Crippen LogP contribution in [0.25, 0.3) is 0 Å². The van der Waals surface area contributed by atoms with E-state index in [0.717, 1.165) is 19.4 Å². The molecule has 0 N–H and O–H groups in total. The molecule has 0 saturated heterocycles. The fraction of sp³-hybridized carbons (Fsp3) is 0.625. The molecule has 3 unspecified atom stereocenters. The fourth-order valence-electron chi connectivity index (χ4n) is 2.38. The Bertz CT molecular complexity index is 405. The Balaban J connectivity index is 1.88. The van der Waals surface area contributed by atoms with Gasteiger partial charge in [-0.1, -0.05) is 60.7 Å². The average molecular weight is 374 g/mol. The van der Waals surface area contributed by atoms with Crippen molar-refractivity contribution >= 4 is 22.6 Å². The lowest BCUT2D eigenvalue weighted by molar-refractivity contribution is -0.160. The zero-order valence-corrected chi connectivity index (χ0v) is 14.1. The Hall–Kier alpha value is -0.130. The van der Waals surface area contributed by atoms with Crippen molar-refractivity contribution in [2.24, 2.45) is 5.92 Å². The number of halogens is 1. The molecule has 2 nitrogen and oxygen atoms in total. The number of alkyl halides is 1. The van der Waals surface area contributed by atoms with Gasteiger partial charge in [-0.3, -0.25) is 0 Å². The topological polar surface area (TPSA) is 18.5 Å². The number of ether oxygens (including phenoxy) is 2. The van der Waals surface area contributed by atoms with Gasteiger partial charge in [0.1, 0.15) is 0 Å². The van der Waals surface area contributed by atoms with Crippen LogP contribution in [0.1, 0.15) is 44.4 Å². The predicted octanol–water partition coefficient (Wildman–Crippen LogP) is 4.51. The molecule has 0 radical (unpaired) electrons. The van der Waals surface area contributed by atoms with Gasteiger partial charge < -0.3 is 9.47 Å². The molecule has 0 aliphatic heterocycles. The zero-order valence-electron chi connectivity index (χ0n) is 11.9. The number of hydrogen-bond donors (Lipinski definition) is 0. The molecular formula is C16H23IO2. The molecule has 2 rings (SSSR count). The number of rotatable bonds is 6. The van der Waals surface area contributed by atoms with Crippen LogP contribution in [0.5, 0.6) is 0 Å². The van der Waals surface area contributed by atoms with Gasteiger partial charge in [-0.2, -0.15) is 0 Å². The highest BCUT2D eigenvalue weighted by atomic mass is 127. The second-order valence-corrected chi connectivity index (χ2v) is 7.20. The lowest BCUT2D eigenvalue weighted by Crippen LogP contribution is -2.21. The first-order valence-electron chi connectivity index (χ1n) is 7.07. The monoisotopic (exact) mass is 374 g/mol. The second-order valence-electron chi connectivity index (χ2n) is 5.60. The summed E-state index contributed by atoms with van der Waals surface area (Å²) in [5.41, 5.74) is 2.75. The lowest BCUT2D eigenvalue weighted by atomic mass is 10.1. The van der Waals surface area contributed by atoms with Crippen LogP contribution < -0.4 is 0 Å². The molecule has 0 spiro atoms. The van der Waals surface area contributed by atoms with E-state index in [9.17, 15) is 0 Å². The molecule has 19 heavy (non-hydrogen) atoms. The quantitative estimate of drug-likeness (QED) is 0.414. The van der Waals surface area contributed by atoms with E-state index in [-0.39, 0.29) is 12.4 Å². The predicted molar refractivity (Wildman–Crippen MR) is 86.6 cm³/mol. The Kier molecular flexibility index (Phi) is 5.66. The third-order valence-electron chi connectivity index (χ3n) is 3.49. The van der Waals surface area contributed by atoms with Gasteiger partial charge in [0.25, 0.3) is 0 Å². The summed E-state index contributed by atoms with van der Waals surface area (Å²) >= 11 is 2.49. The average Bonchev–Trinajstić information content (AvgIpc) is 2.66. The standard InChI is InChI=1S/C16H23IO2/c1-11(2)8-9-18-12(3)19-16-14-7-5-4-6-13(14)10-15(16)17/h4-7,11-12,15-16H,8-10H2,1-3H3. The van der Waals surface area contributed by atoms with E-state index in [2.05, 4.69) is 60.7 Å². The minimum absolute atomic E-state index is 0.132. The minimum Gasteiger partial charge on any atom is -0.353 e. The molecule has 0 amide bonds. The van der Waals surface area contributed by atoms with Gasteiger partial charge in [-0.25, -0.2) is 0 Å². The van der Waals surface area contributed by atoms with Gasteiger partial charge in [0.05, 0.1) is 6.10 Å². The van der Waals surface area contributed by atoms with Crippen LogP contribution in [0.2, 0.25) is 0 Å². The van der Waals surface area contributed by atoms with Crippen molar-refractivity contribution in [1.29, 1.82) is 0 Å². The van der Waals surface area contributed by atoms with Crippen LogP contribution in [0.4, 0.5) is 0 Å². The van der Waals surface area contributed by atoms with E-state index >= 15 is 0 Å². The van der Waals surface area contributed by atoms with E-state index in [4.69, 9.17) is 9.47 Å². The minimum atomic E-state index is -0.132. The third-order valence-corrected chi connectivity index (χ3v) is 4.58. The molecule has 106 valence electrons. The summed E-state index contributed by atoms with van der Waals surface area (Å²) in [6.07, 6.45) is 2.22. The molecule has 0 heterocycles. The van der Waals surface area contributed by atoms with Crippen molar-refractivity contribution in [3.05, 3.63) is 35.4 Å². The van der Waals surface area contributed by atoms with Crippen LogP contribution in [-0.2, 0) is 15.9 Å². The van der Waals surface area contributed by atoms with Crippen molar-refractivity contribution in [2.75, 3.05) is 6.61 Å². The molecule has 0 saturated carbocycles. The molecule has 0 bridgehead atoms. The van der Waals surface area contributed by atoms with Gasteiger partial charge >= 0.3 is 0 Å². The second kappa shape index (κ2) is 7.04. The molecular weight excluding hydrogens is 351 g/mol. The smallest absolute Gasteiger partial charge is 0.155 e. The normalized spacial score (nSPS) is 23.6. The van der Waals surface area contributed by atoms with Gasteiger partial charge in [0.15, 0.2) is 6.29 Å². The van der Waals surface area contributed by atoms with Crippen LogP contribution in [0.15, 0.2) is 24.3 Å². The summed E-state index contributed by atoms with van der Waals surface area (Å²) in [6, 6.07) is 8.58. The summed E-state index contributed by atoms with van der Waals surface area (Å²) in [5.74, 6) is 0.678. The SMILES string of the molecule is CC(C)CCOC(C)OC1c2ccccc2CC1I. The van der Waals surface area contributed by atoms with Crippen molar-refractivity contribution in [3.8, 4) is 0 Å². The third kappa shape index (κ3) is 4.17. The van der Waals surface area contributed by atoms with E-state index in [1.165, 1.54) is 11.1 Å². The van der Waals surface area contributed by atoms with Crippen LogP contribution in [0.3, 0.4) is 0 Å². The van der Waals surface area contributed by atoms with Crippen molar-refractivity contribution < 1.29 is 9.47 Å². The van der Waals surface area contributed by atoms with Crippen molar-refractivity contribution in [3.63, 3.8) is 0 Å². The molecule has 1 aliphatic rings. The van der Waals surface area contributed by atoms with Gasteiger partial charge in [0.2, 0.25) is 0 Å². The van der Waals surface area contributed by atoms with Crippen LogP contribution in [0, 0.1) is 5.92 Å². The van der Waals surface area contributed by atoms with E-state index in [1.807, 2.05) is 6.92 Å². The molecule has 1 aromatic rings. The Morgan fingerprint density at radius 2 is 2.00 bits per heavy atom. The summed E-state index contributed by atoms with van der Waals surface area (Å²) in [5, 5.41) is 0. The highest BCUT2D eigenvalue weighted by Gasteiger charge is 2.32. The lowest BCUT2D eigenvalue weighted by Gasteiger charge is -2.22. The Labute approximate surface area is 130 Å². The first-order valence-corrected chi connectivity index (χ1v) is 8.31. The van der Waals surface area contributed by atoms with E-state index in [0.29, 0.717) is 9.84 Å². The molecule has 3 atom stereocenters. The maximum atomic E-state index is 6.10. The summed E-state index contributed by atoms with van der Waals surface area (Å²) < 4.78 is 12.4. The van der Waals surface area contributed by atoms with Crippen LogP contribution >= 0.6 is 22.6 Å². The summed E-state index contributed by atoms with van der Waals surface area (Å²) in [7, 11) is 0. The first kappa shape index (κ1) is 15.3. The van der Waals surface area contributed by atoms with Crippen LogP contribution in [-0.4, -0.2) is 16.8 Å². The molecule has 1 aliphatic carbocycles. The maximum absolute atomic E-state index is 6.10. The summed E-state index contributed by atoms with van der Waals surface area (Å²) in [4.78, 5) is 0. The summed E-state index contributed by atoms with van der Waals surface area (Å²) in [6.45, 7) is 7.20. The molecule has 3 heteroatoms. The van der Waals surface area contributed by atoms with Gasteiger partial charge in [0, 0.05) is 10.5 Å². The highest BCUT2D eigenvalue weighted by Crippen LogP contribution is 2.39. The maximum Gasteiger partial charge on any atom is 0.155 e. The molecule has 0 aromatic heterocycles.